The molecule has 2 atom stereocenters. The number of fused-ring (bicyclic) bond motifs is 1. The van der Waals surface area contributed by atoms with Crippen LogP contribution in [-0.4, -0.2) is 18.2 Å². The molecule has 1 saturated heterocycles. The van der Waals surface area contributed by atoms with Crippen LogP contribution in [0.2, 0.25) is 0 Å². The second-order valence-corrected chi connectivity index (χ2v) is 3.55. The standard InChI is InChI=1S/C10H14O3/c1-2-3-4-7-5-8-9(12-7)6-10(11)13-8/h5,8-9H,2-4,6H2,1H3/t8-,9-/m0/s1. The lowest BCUT2D eigenvalue weighted by Gasteiger charge is -2.07. The number of hydrogen-bond acceptors (Lipinski definition) is 3. The summed E-state index contributed by atoms with van der Waals surface area (Å²) in [5.41, 5.74) is 0. The SMILES string of the molecule is CCCCC1=C[C@@H]2OC(=O)C[C@@H]2O1. The van der Waals surface area contributed by atoms with Crippen molar-refractivity contribution in [3.63, 3.8) is 0 Å². The molecule has 0 N–H and O–H groups in total. The summed E-state index contributed by atoms with van der Waals surface area (Å²) in [4.78, 5) is 10.8. The van der Waals surface area contributed by atoms with E-state index in [9.17, 15) is 4.79 Å². The fourth-order valence-corrected chi connectivity index (χ4v) is 1.72. The van der Waals surface area contributed by atoms with E-state index in [1.807, 2.05) is 6.08 Å². The second-order valence-electron chi connectivity index (χ2n) is 3.55. The minimum Gasteiger partial charge on any atom is -0.490 e. The maximum Gasteiger partial charge on any atom is 0.310 e. The number of esters is 1. The van der Waals surface area contributed by atoms with Crippen LogP contribution in [-0.2, 0) is 14.3 Å². The fourth-order valence-electron chi connectivity index (χ4n) is 1.72. The maximum atomic E-state index is 10.8. The van der Waals surface area contributed by atoms with Gasteiger partial charge in [0.1, 0.15) is 6.10 Å². The Morgan fingerprint density at radius 3 is 3.08 bits per heavy atom. The lowest BCUT2D eigenvalue weighted by Crippen LogP contribution is -2.14. The van der Waals surface area contributed by atoms with Crippen LogP contribution in [0.25, 0.3) is 0 Å². The van der Waals surface area contributed by atoms with Crippen molar-refractivity contribution in [2.45, 2.75) is 44.8 Å². The zero-order chi connectivity index (χ0) is 9.26. The van der Waals surface area contributed by atoms with Crippen LogP contribution >= 0.6 is 0 Å². The van der Waals surface area contributed by atoms with Crippen LogP contribution in [0.1, 0.15) is 32.6 Å². The first-order valence-corrected chi connectivity index (χ1v) is 4.86. The van der Waals surface area contributed by atoms with E-state index < -0.39 is 0 Å². The van der Waals surface area contributed by atoms with Crippen LogP contribution in [0.3, 0.4) is 0 Å². The van der Waals surface area contributed by atoms with Crippen molar-refractivity contribution >= 4 is 5.97 Å². The summed E-state index contributed by atoms with van der Waals surface area (Å²) in [7, 11) is 0. The lowest BCUT2D eigenvalue weighted by atomic mass is 10.2. The topological polar surface area (TPSA) is 35.5 Å². The van der Waals surface area contributed by atoms with Gasteiger partial charge in [-0.2, -0.15) is 0 Å². The van der Waals surface area contributed by atoms with Gasteiger partial charge in [-0.25, -0.2) is 0 Å². The Labute approximate surface area is 77.7 Å². The highest BCUT2D eigenvalue weighted by atomic mass is 16.6. The third-order valence-electron chi connectivity index (χ3n) is 2.43. The van der Waals surface area contributed by atoms with Gasteiger partial charge >= 0.3 is 5.97 Å². The highest BCUT2D eigenvalue weighted by Gasteiger charge is 2.39. The van der Waals surface area contributed by atoms with Gasteiger partial charge in [-0.3, -0.25) is 4.79 Å². The van der Waals surface area contributed by atoms with Crippen LogP contribution in [0.4, 0.5) is 0 Å². The quantitative estimate of drug-likeness (QED) is 0.624. The molecule has 3 heteroatoms. The molecule has 2 rings (SSSR count). The first-order valence-electron chi connectivity index (χ1n) is 4.86. The first-order chi connectivity index (χ1) is 6.29. The van der Waals surface area contributed by atoms with Gasteiger partial charge in [0.15, 0.2) is 6.10 Å². The van der Waals surface area contributed by atoms with Crippen molar-refractivity contribution < 1.29 is 14.3 Å². The molecule has 0 aromatic rings. The molecule has 2 aliphatic heterocycles. The smallest absolute Gasteiger partial charge is 0.310 e. The van der Waals surface area contributed by atoms with Crippen molar-refractivity contribution in [2.75, 3.05) is 0 Å². The number of ether oxygens (including phenoxy) is 2. The molecule has 0 aliphatic carbocycles. The molecule has 0 unspecified atom stereocenters. The number of rotatable bonds is 3. The van der Waals surface area contributed by atoms with Crippen molar-refractivity contribution in [1.82, 2.24) is 0 Å². The van der Waals surface area contributed by atoms with Crippen molar-refractivity contribution in [3.05, 3.63) is 11.8 Å². The summed E-state index contributed by atoms with van der Waals surface area (Å²) in [6.07, 6.45) is 5.51. The van der Waals surface area contributed by atoms with E-state index in [1.165, 1.54) is 0 Å². The molecule has 0 saturated carbocycles. The van der Waals surface area contributed by atoms with Crippen LogP contribution < -0.4 is 0 Å². The Bertz CT molecular complexity index is 245. The van der Waals surface area contributed by atoms with Crippen molar-refractivity contribution in [2.24, 2.45) is 0 Å². The Kier molecular flexibility index (Phi) is 2.25. The molecule has 72 valence electrons. The molecule has 0 aromatic heterocycles. The monoisotopic (exact) mass is 182 g/mol. The minimum atomic E-state index is -0.138. The van der Waals surface area contributed by atoms with Crippen LogP contribution in [0, 0.1) is 0 Å². The molecular formula is C10H14O3. The normalized spacial score (nSPS) is 30.8. The zero-order valence-electron chi connectivity index (χ0n) is 7.79. The number of hydrogen-bond donors (Lipinski definition) is 0. The molecular weight excluding hydrogens is 168 g/mol. The zero-order valence-corrected chi connectivity index (χ0v) is 7.79. The highest BCUT2D eigenvalue weighted by Crippen LogP contribution is 2.30. The van der Waals surface area contributed by atoms with E-state index >= 15 is 0 Å². The van der Waals surface area contributed by atoms with Gasteiger partial charge < -0.3 is 9.47 Å². The van der Waals surface area contributed by atoms with E-state index in [-0.39, 0.29) is 18.2 Å². The predicted octanol–water partition coefficient (Wildman–Crippen LogP) is 1.77. The molecule has 0 aromatic carbocycles. The van der Waals surface area contributed by atoms with E-state index in [0.29, 0.717) is 6.42 Å². The molecule has 1 fully saturated rings. The number of allylic oxidation sites excluding steroid dienone is 1. The Hall–Kier alpha value is -0.990. The molecule has 0 amide bonds. The summed E-state index contributed by atoms with van der Waals surface area (Å²) >= 11 is 0. The largest absolute Gasteiger partial charge is 0.490 e. The molecule has 0 radical (unpaired) electrons. The first kappa shape index (κ1) is 8.60. The third-order valence-corrected chi connectivity index (χ3v) is 2.43. The third kappa shape index (κ3) is 1.69. The molecule has 2 heterocycles. The van der Waals surface area contributed by atoms with Gasteiger partial charge in [0.25, 0.3) is 0 Å². The summed E-state index contributed by atoms with van der Waals surface area (Å²) in [6, 6.07) is 0. The van der Waals surface area contributed by atoms with Crippen LogP contribution in [0.5, 0.6) is 0 Å². The van der Waals surface area contributed by atoms with Gasteiger partial charge in [0, 0.05) is 6.42 Å². The fraction of sp³-hybridized carbons (Fsp3) is 0.700. The van der Waals surface area contributed by atoms with E-state index in [2.05, 4.69) is 6.92 Å². The summed E-state index contributed by atoms with van der Waals surface area (Å²) in [6.45, 7) is 2.15. The van der Waals surface area contributed by atoms with Crippen molar-refractivity contribution in [1.29, 1.82) is 0 Å². The number of carbonyl (C=O) groups is 1. The lowest BCUT2D eigenvalue weighted by molar-refractivity contribution is -0.139. The molecule has 2 aliphatic rings. The highest BCUT2D eigenvalue weighted by molar-refractivity contribution is 5.73. The summed E-state index contributed by atoms with van der Waals surface area (Å²) in [5.74, 6) is 0.866. The minimum absolute atomic E-state index is 0.0284. The number of carbonyl (C=O) groups excluding carboxylic acids is 1. The molecule has 3 nitrogen and oxygen atoms in total. The Balaban J connectivity index is 1.90. The average molecular weight is 182 g/mol. The van der Waals surface area contributed by atoms with E-state index in [0.717, 1.165) is 25.0 Å². The summed E-state index contributed by atoms with van der Waals surface area (Å²) < 4.78 is 10.6. The van der Waals surface area contributed by atoms with Gasteiger partial charge in [-0.15, -0.1) is 0 Å². The van der Waals surface area contributed by atoms with Gasteiger partial charge in [0.05, 0.1) is 12.2 Å². The maximum absolute atomic E-state index is 10.8. The van der Waals surface area contributed by atoms with Gasteiger partial charge in [-0.05, 0) is 12.5 Å². The molecule has 0 spiro atoms. The predicted molar refractivity (Wildman–Crippen MR) is 47.0 cm³/mol. The Morgan fingerprint density at radius 2 is 2.38 bits per heavy atom. The van der Waals surface area contributed by atoms with Crippen LogP contribution in [0.15, 0.2) is 11.8 Å². The van der Waals surface area contributed by atoms with E-state index in [1.54, 1.807) is 0 Å². The molecule has 0 bridgehead atoms. The average Bonchev–Trinajstić information content (AvgIpc) is 2.57. The van der Waals surface area contributed by atoms with Gasteiger partial charge in [0.2, 0.25) is 0 Å². The Morgan fingerprint density at radius 1 is 1.54 bits per heavy atom. The summed E-state index contributed by atoms with van der Waals surface area (Å²) in [5, 5.41) is 0. The van der Waals surface area contributed by atoms with E-state index in [4.69, 9.17) is 9.47 Å². The van der Waals surface area contributed by atoms with Crippen molar-refractivity contribution in [3.8, 4) is 0 Å². The number of unbranched alkanes of at least 4 members (excludes halogenated alkanes) is 1. The molecule has 13 heavy (non-hydrogen) atoms. The second kappa shape index (κ2) is 3.40. The van der Waals surface area contributed by atoms with Gasteiger partial charge in [-0.1, -0.05) is 13.3 Å².